The molecule has 0 saturated carbocycles. The van der Waals surface area contributed by atoms with Gasteiger partial charge >= 0.3 is 0 Å². The lowest BCUT2D eigenvalue weighted by molar-refractivity contribution is 0.0745. The van der Waals surface area contributed by atoms with Crippen molar-refractivity contribution in [2.24, 2.45) is 0 Å². The monoisotopic (exact) mass is 363 g/mol. The first-order valence-corrected chi connectivity index (χ1v) is 9.42. The van der Waals surface area contributed by atoms with Gasteiger partial charge in [0.2, 0.25) is 0 Å². The van der Waals surface area contributed by atoms with Crippen molar-refractivity contribution in [1.29, 1.82) is 0 Å². The summed E-state index contributed by atoms with van der Waals surface area (Å²) in [4.78, 5) is 14.9. The molecule has 1 aliphatic rings. The Kier molecular flexibility index (Phi) is 4.56. The maximum atomic E-state index is 13.0. The molecular weight excluding hydrogens is 338 g/mol. The summed E-state index contributed by atoms with van der Waals surface area (Å²) < 4.78 is 4.02. The van der Waals surface area contributed by atoms with E-state index < -0.39 is 0 Å². The molecule has 6 nitrogen and oxygen atoms in total. The van der Waals surface area contributed by atoms with Crippen LogP contribution in [0.15, 0.2) is 36.4 Å². The van der Waals surface area contributed by atoms with Gasteiger partial charge in [-0.2, -0.15) is 10.2 Å². The van der Waals surface area contributed by atoms with Crippen LogP contribution in [0.4, 0.5) is 0 Å². The van der Waals surface area contributed by atoms with E-state index in [-0.39, 0.29) is 5.91 Å². The lowest BCUT2D eigenvalue weighted by Gasteiger charge is -2.20. The van der Waals surface area contributed by atoms with Gasteiger partial charge in [0.25, 0.3) is 5.91 Å². The molecule has 140 valence electrons. The van der Waals surface area contributed by atoms with Crippen molar-refractivity contribution >= 4 is 5.91 Å². The maximum Gasteiger partial charge on any atom is 0.254 e. The van der Waals surface area contributed by atoms with Gasteiger partial charge in [0.15, 0.2) is 0 Å². The number of rotatable bonds is 3. The van der Waals surface area contributed by atoms with E-state index in [4.69, 9.17) is 0 Å². The Hall–Kier alpha value is -2.89. The molecule has 0 radical (unpaired) electrons. The second kappa shape index (κ2) is 7.02. The third-order valence-electron chi connectivity index (χ3n) is 5.06. The van der Waals surface area contributed by atoms with Crippen LogP contribution in [0.25, 0.3) is 0 Å². The summed E-state index contributed by atoms with van der Waals surface area (Å²) in [6.07, 6.45) is 0.926. The number of hydrogen-bond acceptors (Lipinski definition) is 3. The largest absolute Gasteiger partial charge is 0.333 e. The van der Waals surface area contributed by atoms with Crippen molar-refractivity contribution in [1.82, 2.24) is 24.5 Å². The first kappa shape index (κ1) is 17.5. The molecule has 27 heavy (non-hydrogen) atoms. The zero-order chi connectivity index (χ0) is 19.0. The zero-order valence-corrected chi connectivity index (χ0v) is 16.1. The summed E-state index contributed by atoms with van der Waals surface area (Å²) >= 11 is 0. The first-order valence-electron chi connectivity index (χ1n) is 9.42. The predicted octanol–water partition coefficient (Wildman–Crippen LogP) is 3.10. The Labute approximate surface area is 159 Å². The molecule has 3 aromatic rings. The molecule has 0 bridgehead atoms. The summed E-state index contributed by atoms with van der Waals surface area (Å²) in [6, 6.07) is 12.0. The number of amides is 1. The number of benzene rings is 1. The molecular formula is C21H25N5O. The highest BCUT2D eigenvalue weighted by Gasteiger charge is 2.21. The van der Waals surface area contributed by atoms with E-state index in [0.717, 1.165) is 60.0 Å². The Balaban J connectivity index is 1.48. The van der Waals surface area contributed by atoms with Gasteiger partial charge in [0.1, 0.15) is 0 Å². The maximum absolute atomic E-state index is 13.0. The third kappa shape index (κ3) is 3.65. The lowest BCUT2D eigenvalue weighted by Crippen LogP contribution is -2.30. The zero-order valence-electron chi connectivity index (χ0n) is 16.1. The summed E-state index contributed by atoms with van der Waals surface area (Å²) in [5, 5.41) is 9.01. The molecule has 1 aliphatic heterocycles. The normalized spacial score (nSPS) is 14.1. The van der Waals surface area contributed by atoms with E-state index in [1.54, 1.807) is 0 Å². The Morgan fingerprint density at radius 3 is 2.44 bits per heavy atom. The van der Waals surface area contributed by atoms with Crippen molar-refractivity contribution in [3.63, 3.8) is 0 Å². The van der Waals surface area contributed by atoms with E-state index in [2.05, 4.69) is 29.3 Å². The number of aromatic nitrogens is 4. The van der Waals surface area contributed by atoms with Crippen molar-refractivity contribution in [3.05, 3.63) is 70.3 Å². The van der Waals surface area contributed by atoms with E-state index in [9.17, 15) is 4.79 Å². The van der Waals surface area contributed by atoms with Crippen LogP contribution in [0.3, 0.4) is 0 Å². The van der Waals surface area contributed by atoms with E-state index >= 15 is 0 Å². The number of aryl methyl sites for hydroxylation is 4. The molecule has 1 amide bonds. The first-order chi connectivity index (χ1) is 13.0. The topological polar surface area (TPSA) is 56.0 Å². The fraction of sp³-hybridized carbons (Fsp3) is 0.381. The third-order valence-corrected chi connectivity index (χ3v) is 5.06. The summed E-state index contributed by atoms with van der Waals surface area (Å²) in [5.41, 5.74) is 6.16. The van der Waals surface area contributed by atoms with Gasteiger partial charge in [-0.3, -0.25) is 14.2 Å². The minimum absolute atomic E-state index is 0.0833. The van der Waals surface area contributed by atoms with E-state index in [1.165, 1.54) is 0 Å². The molecule has 0 saturated heterocycles. The Bertz CT molecular complexity index is 967. The number of carbonyl (C=O) groups excluding carboxylic acids is 1. The average Bonchev–Trinajstić information content (AvgIpc) is 3.07. The summed E-state index contributed by atoms with van der Waals surface area (Å²) in [6.45, 7) is 9.02. The van der Waals surface area contributed by atoms with Crippen molar-refractivity contribution in [3.8, 4) is 0 Å². The number of fused-ring (bicyclic) bond motifs is 1. The molecule has 3 heterocycles. The Morgan fingerprint density at radius 1 is 1.00 bits per heavy atom. The van der Waals surface area contributed by atoms with Gasteiger partial charge in [-0.1, -0.05) is 12.1 Å². The lowest BCUT2D eigenvalue weighted by atomic mass is 10.1. The van der Waals surface area contributed by atoms with Crippen LogP contribution in [0.5, 0.6) is 0 Å². The fourth-order valence-electron chi connectivity index (χ4n) is 3.72. The highest BCUT2D eigenvalue weighted by atomic mass is 16.2. The van der Waals surface area contributed by atoms with Crippen molar-refractivity contribution in [2.45, 2.75) is 46.8 Å². The summed E-state index contributed by atoms with van der Waals surface area (Å²) in [5.74, 6) is 0.0833. The predicted molar refractivity (Wildman–Crippen MR) is 104 cm³/mol. The Morgan fingerprint density at radius 2 is 1.74 bits per heavy atom. The van der Waals surface area contributed by atoms with Crippen LogP contribution < -0.4 is 0 Å². The van der Waals surface area contributed by atoms with Crippen LogP contribution in [0, 0.1) is 20.8 Å². The van der Waals surface area contributed by atoms with Gasteiger partial charge in [-0.25, -0.2) is 0 Å². The van der Waals surface area contributed by atoms with Gasteiger partial charge < -0.3 is 4.90 Å². The van der Waals surface area contributed by atoms with Crippen molar-refractivity contribution < 1.29 is 4.79 Å². The quantitative estimate of drug-likeness (QED) is 0.718. The molecule has 2 aromatic heterocycles. The van der Waals surface area contributed by atoms with Crippen LogP contribution >= 0.6 is 0 Å². The van der Waals surface area contributed by atoms with Crippen LogP contribution in [0.1, 0.15) is 45.1 Å². The smallest absolute Gasteiger partial charge is 0.254 e. The SMILES string of the molecule is Cc1cc(C)n(Cc2ccc(C(=O)N3CCCn4nc(C)cc4C3)cc2)n1. The van der Waals surface area contributed by atoms with Crippen LogP contribution in [-0.4, -0.2) is 36.9 Å². The average molecular weight is 363 g/mol. The highest BCUT2D eigenvalue weighted by Crippen LogP contribution is 2.17. The van der Waals surface area contributed by atoms with Gasteiger partial charge in [0.05, 0.1) is 30.2 Å². The molecule has 0 fully saturated rings. The molecule has 0 spiro atoms. The second-order valence-corrected chi connectivity index (χ2v) is 7.36. The van der Waals surface area contributed by atoms with E-state index in [1.807, 2.05) is 52.4 Å². The molecule has 0 atom stereocenters. The van der Waals surface area contributed by atoms with Gasteiger partial charge in [0, 0.05) is 24.3 Å². The van der Waals surface area contributed by atoms with E-state index in [0.29, 0.717) is 6.54 Å². The highest BCUT2D eigenvalue weighted by molar-refractivity contribution is 5.94. The number of hydrogen-bond donors (Lipinski definition) is 0. The molecule has 4 rings (SSSR count). The van der Waals surface area contributed by atoms with Crippen LogP contribution in [-0.2, 0) is 19.6 Å². The standard InChI is InChI=1S/C21H25N5O/c1-15-11-17(3)26(23-15)13-18-5-7-19(8-6-18)21(27)24-9-4-10-25-20(14-24)12-16(2)22-25/h5-8,11-12H,4,9-10,13-14H2,1-3H3. The molecule has 0 N–H and O–H groups in total. The second-order valence-electron chi connectivity index (χ2n) is 7.36. The molecule has 0 unspecified atom stereocenters. The molecule has 1 aromatic carbocycles. The van der Waals surface area contributed by atoms with Gasteiger partial charge in [-0.05, 0) is 57.0 Å². The molecule has 0 aliphatic carbocycles. The van der Waals surface area contributed by atoms with Gasteiger partial charge in [-0.15, -0.1) is 0 Å². The minimum Gasteiger partial charge on any atom is -0.333 e. The van der Waals surface area contributed by atoms with Crippen molar-refractivity contribution in [2.75, 3.05) is 6.54 Å². The number of carbonyl (C=O) groups is 1. The molecule has 6 heteroatoms. The number of nitrogens with zero attached hydrogens (tertiary/aromatic N) is 5. The summed E-state index contributed by atoms with van der Waals surface area (Å²) in [7, 11) is 0. The minimum atomic E-state index is 0.0833. The van der Waals surface area contributed by atoms with Crippen LogP contribution in [0.2, 0.25) is 0 Å². The fourth-order valence-corrected chi connectivity index (χ4v) is 3.72.